The van der Waals surface area contributed by atoms with Gasteiger partial charge < -0.3 is 15.7 Å². The predicted molar refractivity (Wildman–Crippen MR) is 69.1 cm³/mol. The summed E-state index contributed by atoms with van der Waals surface area (Å²) in [7, 11) is 0. The van der Waals surface area contributed by atoms with Crippen LogP contribution in [0.3, 0.4) is 0 Å². The molecule has 0 aromatic carbocycles. The van der Waals surface area contributed by atoms with Crippen LogP contribution in [0, 0.1) is 5.92 Å². The second-order valence-corrected chi connectivity index (χ2v) is 5.29. The molecule has 3 N–H and O–H groups in total. The number of piperidine rings is 1. The fourth-order valence-corrected chi connectivity index (χ4v) is 2.37. The summed E-state index contributed by atoms with van der Waals surface area (Å²) in [4.78, 5) is 24.3. The fraction of sp³-hybridized carbons (Fsp3) is 0.846. The minimum absolute atomic E-state index is 0.152. The second-order valence-electron chi connectivity index (χ2n) is 5.29. The molecule has 1 atom stereocenters. The molecule has 5 nitrogen and oxygen atoms in total. The summed E-state index contributed by atoms with van der Waals surface area (Å²) in [5, 5.41) is 8.72. The number of carbonyl (C=O) groups is 2. The maximum Gasteiger partial charge on any atom is 0.303 e. The lowest BCUT2D eigenvalue weighted by Crippen LogP contribution is -2.38. The zero-order valence-corrected chi connectivity index (χ0v) is 11.1. The van der Waals surface area contributed by atoms with E-state index in [0.717, 1.165) is 25.7 Å². The Bertz CT molecular complexity index is 284. The van der Waals surface area contributed by atoms with Crippen LogP contribution >= 0.6 is 0 Å². The molecule has 1 rings (SSSR count). The average Bonchev–Trinajstić information content (AvgIpc) is 2.28. The number of hydrogen-bond donors (Lipinski definition) is 2. The number of carboxylic acid groups (broad SMARTS) is 1. The maximum atomic E-state index is 11.9. The monoisotopic (exact) mass is 256 g/mol. The molecule has 1 heterocycles. The van der Waals surface area contributed by atoms with Crippen LogP contribution in [0.1, 0.15) is 45.4 Å². The summed E-state index contributed by atoms with van der Waals surface area (Å²) in [5.41, 5.74) is 5.64. The van der Waals surface area contributed by atoms with Crippen LogP contribution < -0.4 is 5.73 Å². The van der Waals surface area contributed by atoms with Crippen molar-refractivity contribution in [3.8, 4) is 0 Å². The molecule has 1 aliphatic rings. The van der Waals surface area contributed by atoms with Crippen LogP contribution in [0.2, 0.25) is 0 Å². The van der Waals surface area contributed by atoms with Gasteiger partial charge in [0.2, 0.25) is 5.91 Å². The molecule has 0 radical (unpaired) electrons. The van der Waals surface area contributed by atoms with Crippen molar-refractivity contribution in [1.82, 2.24) is 4.90 Å². The SMILES string of the molecule is CC(N)CCCC(=O)N1CCC(CC(=O)O)CC1. The van der Waals surface area contributed by atoms with Gasteiger partial charge in [0, 0.05) is 32.0 Å². The molecule has 5 heteroatoms. The lowest BCUT2D eigenvalue weighted by atomic mass is 9.93. The third-order valence-corrected chi connectivity index (χ3v) is 3.48. The molecule has 0 bridgehead atoms. The van der Waals surface area contributed by atoms with Gasteiger partial charge in [-0.05, 0) is 38.5 Å². The molecular formula is C13H24N2O3. The topological polar surface area (TPSA) is 83.6 Å². The number of nitrogens with zero attached hydrogens (tertiary/aromatic N) is 1. The Labute approximate surface area is 108 Å². The third-order valence-electron chi connectivity index (χ3n) is 3.48. The number of carbonyl (C=O) groups excluding carboxylic acids is 1. The first kappa shape index (κ1) is 15.0. The molecule has 0 aromatic heterocycles. The Hall–Kier alpha value is -1.10. The smallest absolute Gasteiger partial charge is 0.303 e. The Morgan fingerprint density at radius 3 is 2.50 bits per heavy atom. The first-order valence-electron chi connectivity index (χ1n) is 6.74. The van der Waals surface area contributed by atoms with Gasteiger partial charge in [-0.15, -0.1) is 0 Å². The lowest BCUT2D eigenvalue weighted by Gasteiger charge is -2.31. The van der Waals surface area contributed by atoms with E-state index in [1.807, 2.05) is 11.8 Å². The summed E-state index contributed by atoms with van der Waals surface area (Å²) < 4.78 is 0. The summed E-state index contributed by atoms with van der Waals surface area (Å²) >= 11 is 0. The van der Waals surface area contributed by atoms with Crippen LogP contribution in [-0.4, -0.2) is 41.0 Å². The van der Waals surface area contributed by atoms with Gasteiger partial charge in [0.15, 0.2) is 0 Å². The standard InChI is InChI=1S/C13H24N2O3/c1-10(14)3-2-4-12(16)15-7-5-11(6-8-15)9-13(17)18/h10-11H,2-9,14H2,1H3,(H,17,18). The van der Waals surface area contributed by atoms with Gasteiger partial charge in [0.25, 0.3) is 0 Å². The van der Waals surface area contributed by atoms with Crippen LogP contribution in [0.15, 0.2) is 0 Å². The number of rotatable bonds is 6. The number of carboxylic acids is 1. The van der Waals surface area contributed by atoms with E-state index in [4.69, 9.17) is 10.8 Å². The summed E-state index contributed by atoms with van der Waals surface area (Å²) in [6.07, 6.45) is 4.13. The normalized spacial score (nSPS) is 18.7. The van der Waals surface area contributed by atoms with Crippen molar-refractivity contribution in [3.63, 3.8) is 0 Å². The minimum atomic E-state index is -0.739. The molecular weight excluding hydrogens is 232 g/mol. The zero-order valence-electron chi connectivity index (χ0n) is 11.1. The number of hydrogen-bond acceptors (Lipinski definition) is 3. The molecule has 1 unspecified atom stereocenters. The minimum Gasteiger partial charge on any atom is -0.481 e. The zero-order chi connectivity index (χ0) is 13.5. The number of amides is 1. The quantitative estimate of drug-likeness (QED) is 0.748. The van der Waals surface area contributed by atoms with E-state index in [9.17, 15) is 9.59 Å². The number of likely N-dealkylation sites (tertiary alicyclic amines) is 1. The molecule has 0 aromatic rings. The summed E-state index contributed by atoms with van der Waals surface area (Å²) in [6, 6.07) is 0.152. The molecule has 0 aliphatic carbocycles. The van der Waals surface area contributed by atoms with Crippen molar-refractivity contribution in [2.24, 2.45) is 11.7 Å². The highest BCUT2D eigenvalue weighted by Crippen LogP contribution is 2.21. The third kappa shape index (κ3) is 5.49. The van der Waals surface area contributed by atoms with Crippen molar-refractivity contribution in [3.05, 3.63) is 0 Å². The van der Waals surface area contributed by atoms with Gasteiger partial charge in [-0.1, -0.05) is 0 Å². The molecule has 1 amide bonds. The first-order valence-corrected chi connectivity index (χ1v) is 6.74. The van der Waals surface area contributed by atoms with E-state index in [-0.39, 0.29) is 24.3 Å². The largest absolute Gasteiger partial charge is 0.481 e. The van der Waals surface area contributed by atoms with Crippen LogP contribution in [0.25, 0.3) is 0 Å². The fourth-order valence-electron chi connectivity index (χ4n) is 2.37. The van der Waals surface area contributed by atoms with Crippen LogP contribution in [0.5, 0.6) is 0 Å². The van der Waals surface area contributed by atoms with E-state index >= 15 is 0 Å². The van der Waals surface area contributed by atoms with Gasteiger partial charge in [0.1, 0.15) is 0 Å². The van der Waals surface area contributed by atoms with Crippen molar-refractivity contribution < 1.29 is 14.7 Å². The van der Waals surface area contributed by atoms with E-state index in [0.29, 0.717) is 19.5 Å². The summed E-state index contributed by atoms with van der Waals surface area (Å²) in [5.74, 6) is -0.322. The van der Waals surface area contributed by atoms with Crippen molar-refractivity contribution >= 4 is 11.9 Å². The molecule has 104 valence electrons. The average molecular weight is 256 g/mol. The Kier molecular flexibility index (Phi) is 6.12. The highest BCUT2D eigenvalue weighted by atomic mass is 16.4. The second kappa shape index (κ2) is 7.36. The van der Waals surface area contributed by atoms with E-state index in [2.05, 4.69) is 0 Å². The number of aliphatic carboxylic acids is 1. The molecule has 1 aliphatic heterocycles. The Morgan fingerprint density at radius 1 is 1.39 bits per heavy atom. The van der Waals surface area contributed by atoms with Gasteiger partial charge in [-0.3, -0.25) is 9.59 Å². The Morgan fingerprint density at radius 2 is 2.00 bits per heavy atom. The Balaban J connectivity index is 2.21. The van der Waals surface area contributed by atoms with E-state index in [1.165, 1.54) is 0 Å². The van der Waals surface area contributed by atoms with Gasteiger partial charge in [0.05, 0.1) is 0 Å². The van der Waals surface area contributed by atoms with Gasteiger partial charge in [-0.2, -0.15) is 0 Å². The highest BCUT2D eigenvalue weighted by molar-refractivity contribution is 5.76. The highest BCUT2D eigenvalue weighted by Gasteiger charge is 2.23. The molecule has 1 saturated heterocycles. The van der Waals surface area contributed by atoms with Crippen LogP contribution in [0.4, 0.5) is 0 Å². The van der Waals surface area contributed by atoms with Gasteiger partial charge in [-0.25, -0.2) is 0 Å². The molecule has 18 heavy (non-hydrogen) atoms. The number of nitrogens with two attached hydrogens (primary N) is 1. The van der Waals surface area contributed by atoms with Gasteiger partial charge >= 0.3 is 5.97 Å². The lowest BCUT2D eigenvalue weighted by molar-refractivity contribution is -0.138. The first-order chi connectivity index (χ1) is 8.49. The molecule has 1 fully saturated rings. The van der Waals surface area contributed by atoms with Crippen molar-refractivity contribution in [2.75, 3.05) is 13.1 Å². The molecule has 0 spiro atoms. The predicted octanol–water partition coefficient (Wildman–Crippen LogP) is 1.22. The van der Waals surface area contributed by atoms with Crippen molar-refractivity contribution in [2.45, 2.75) is 51.5 Å². The van der Waals surface area contributed by atoms with E-state index < -0.39 is 5.97 Å². The van der Waals surface area contributed by atoms with E-state index in [1.54, 1.807) is 0 Å². The maximum absolute atomic E-state index is 11.9. The molecule has 0 saturated carbocycles. The van der Waals surface area contributed by atoms with Crippen LogP contribution in [-0.2, 0) is 9.59 Å². The van der Waals surface area contributed by atoms with Crippen molar-refractivity contribution in [1.29, 1.82) is 0 Å². The summed E-state index contributed by atoms with van der Waals surface area (Å²) in [6.45, 7) is 3.35.